The van der Waals surface area contributed by atoms with Crippen LogP contribution in [0.25, 0.3) is 10.8 Å². The summed E-state index contributed by atoms with van der Waals surface area (Å²) in [4.78, 5) is 35.5. The lowest BCUT2D eigenvalue weighted by Crippen LogP contribution is -2.43. The van der Waals surface area contributed by atoms with Gasteiger partial charge in [-0.15, -0.1) is 0 Å². The molecule has 0 fully saturated rings. The van der Waals surface area contributed by atoms with Gasteiger partial charge in [0.05, 0.1) is 17.1 Å². The molecule has 0 heterocycles. The fraction of sp³-hybridized carbons (Fsp3) is 0.0952. The van der Waals surface area contributed by atoms with Crippen LogP contribution in [0.15, 0.2) is 63.5 Å². The number of carbonyl (C=O) groups is 3. The van der Waals surface area contributed by atoms with E-state index in [0.29, 0.717) is 11.3 Å². The Kier molecular flexibility index (Phi) is 7.07. The number of esters is 1. The average molecular weight is 536 g/mol. The van der Waals surface area contributed by atoms with E-state index in [1.807, 2.05) is 24.3 Å². The van der Waals surface area contributed by atoms with Crippen molar-refractivity contribution in [2.24, 2.45) is 0 Å². The van der Waals surface area contributed by atoms with Gasteiger partial charge in [-0.1, -0.05) is 28.1 Å². The molecule has 0 aliphatic rings. The van der Waals surface area contributed by atoms with Crippen molar-refractivity contribution in [3.8, 4) is 5.75 Å². The number of hydrazine groups is 1. The smallest absolute Gasteiger partial charge is 0.337 e. The summed E-state index contributed by atoms with van der Waals surface area (Å²) < 4.78 is 11.9. The highest BCUT2D eigenvalue weighted by atomic mass is 79.9. The number of nitrogens with one attached hydrogen (secondary N) is 2. The molecule has 0 aliphatic carbocycles. The van der Waals surface area contributed by atoms with Gasteiger partial charge in [-0.25, -0.2) is 4.79 Å². The van der Waals surface area contributed by atoms with E-state index in [1.165, 1.54) is 31.4 Å². The van der Waals surface area contributed by atoms with Crippen LogP contribution >= 0.6 is 31.9 Å². The standard InChI is InChI=1S/C21H16Br2N2O5/c1-29-21(28)13-4-2-12(3-5-13)20(27)25-24-18(26)11-30-17-9-6-14-10-15(22)7-8-16(14)19(17)23/h2-10H,11H2,1H3,(H,24,26)(H,25,27). The summed E-state index contributed by atoms with van der Waals surface area (Å²) in [5.74, 6) is -1.06. The number of benzene rings is 3. The molecule has 0 unspecified atom stereocenters. The molecule has 0 spiro atoms. The SMILES string of the molecule is COC(=O)c1ccc(C(=O)NNC(=O)COc2ccc3cc(Br)ccc3c2Br)cc1. The Balaban J connectivity index is 1.54. The summed E-state index contributed by atoms with van der Waals surface area (Å²) in [5.41, 5.74) is 5.17. The van der Waals surface area contributed by atoms with Crippen molar-refractivity contribution in [2.75, 3.05) is 13.7 Å². The van der Waals surface area contributed by atoms with Gasteiger partial charge in [0.25, 0.3) is 11.8 Å². The fourth-order valence-electron chi connectivity index (χ4n) is 2.61. The zero-order valence-electron chi connectivity index (χ0n) is 15.7. The molecule has 9 heteroatoms. The van der Waals surface area contributed by atoms with Gasteiger partial charge in [0.1, 0.15) is 5.75 Å². The predicted molar refractivity (Wildman–Crippen MR) is 118 cm³/mol. The first-order chi connectivity index (χ1) is 14.4. The van der Waals surface area contributed by atoms with Gasteiger partial charge in [-0.3, -0.25) is 20.4 Å². The minimum absolute atomic E-state index is 0.271. The number of ether oxygens (including phenoxy) is 2. The first-order valence-corrected chi connectivity index (χ1v) is 10.3. The van der Waals surface area contributed by atoms with Gasteiger partial charge in [0.15, 0.2) is 6.61 Å². The Morgan fingerprint density at radius 3 is 2.30 bits per heavy atom. The molecule has 3 aromatic rings. The van der Waals surface area contributed by atoms with E-state index in [0.717, 1.165) is 19.7 Å². The van der Waals surface area contributed by atoms with Crippen LogP contribution in [0.5, 0.6) is 5.75 Å². The molecule has 0 aliphatic heterocycles. The average Bonchev–Trinajstić information content (AvgIpc) is 2.76. The molecule has 7 nitrogen and oxygen atoms in total. The van der Waals surface area contributed by atoms with Crippen molar-refractivity contribution < 1.29 is 23.9 Å². The molecule has 3 aromatic carbocycles. The Morgan fingerprint density at radius 2 is 1.60 bits per heavy atom. The lowest BCUT2D eigenvalue weighted by molar-refractivity contribution is -0.123. The zero-order valence-corrected chi connectivity index (χ0v) is 18.9. The number of hydrogen-bond acceptors (Lipinski definition) is 5. The highest BCUT2D eigenvalue weighted by molar-refractivity contribution is 9.11. The van der Waals surface area contributed by atoms with E-state index in [4.69, 9.17) is 4.74 Å². The lowest BCUT2D eigenvalue weighted by Gasteiger charge is -2.11. The Bertz CT molecular complexity index is 1120. The number of carbonyl (C=O) groups excluding carboxylic acids is 3. The number of rotatable bonds is 5. The highest BCUT2D eigenvalue weighted by Crippen LogP contribution is 2.34. The summed E-state index contributed by atoms with van der Waals surface area (Å²) in [6.45, 7) is -0.289. The normalized spacial score (nSPS) is 10.4. The minimum Gasteiger partial charge on any atom is -0.483 e. The zero-order chi connectivity index (χ0) is 21.7. The molecule has 30 heavy (non-hydrogen) atoms. The Labute approximate surface area is 189 Å². The highest BCUT2D eigenvalue weighted by Gasteiger charge is 2.12. The second-order valence-electron chi connectivity index (χ2n) is 6.10. The number of halogens is 2. The second kappa shape index (κ2) is 9.73. The number of amides is 2. The van der Waals surface area contributed by atoms with Crippen LogP contribution in [0.2, 0.25) is 0 Å². The van der Waals surface area contributed by atoms with Gasteiger partial charge >= 0.3 is 5.97 Å². The monoisotopic (exact) mass is 534 g/mol. The largest absolute Gasteiger partial charge is 0.483 e. The second-order valence-corrected chi connectivity index (χ2v) is 7.81. The van der Waals surface area contributed by atoms with E-state index in [1.54, 1.807) is 6.07 Å². The van der Waals surface area contributed by atoms with E-state index >= 15 is 0 Å². The van der Waals surface area contributed by atoms with Crippen molar-refractivity contribution in [3.63, 3.8) is 0 Å². The van der Waals surface area contributed by atoms with Crippen LogP contribution < -0.4 is 15.6 Å². The quantitative estimate of drug-likeness (QED) is 0.380. The van der Waals surface area contributed by atoms with Crippen LogP contribution in [0, 0.1) is 0 Å². The predicted octanol–water partition coefficient (Wildman–Crippen LogP) is 3.99. The lowest BCUT2D eigenvalue weighted by atomic mass is 10.1. The first kappa shape index (κ1) is 21.8. The molecule has 0 saturated carbocycles. The van der Waals surface area contributed by atoms with Gasteiger partial charge < -0.3 is 9.47 Å². The summed E-state index contributed by atoms with van der Waals surface area (Å²) >= 11 is 6.93. The maximum Gasteiger partial charge on any atom is 0.337 e. The van der Waals surface area contributed by atoms with E-state index in [-0.39, 0.29) is 12.2 Å². The molecule has 0 aromatic heterocycles. The molecule has 0 bridgehead atoms. The van der Waals surface area contributed by atoms with Crippen molar-refractivity contribution in [2.45, 2.75) is 0 Å². The van der Waals surface area contributed by atoms with Crippen LogP contribution in [-0.2, 0) is 9.53 Å². The van der Waals surface area contributed by atoms with Crippen molar-refractivity contribution in [1.82, 2.24) is 10.9 Å². The topological polar surface area (TPSA) is 93.7 Å². The molecule has 0 radical (unpaired) electrons. The minimum atomic E-state index is -0.530. The summed E-state index contributed by atoms with van der Waals surface area (Å²) in [6.07, 6.45) is 0. The van der Waals surface area contributed by atoms with Crippen molar-refractivity contribution in [3.05, 3.63) is 74.7 Å². The molecular weight excluding hydrogens is 520 g/mol. The maximum atomic E-state index is 12.1. The molecule has 154 valence electrons. The molecular formula is C21H16Br2N2O5. The van der Waals surface area contributed by atoms with E-state index < -0.39 is 17.8 Å². The van der Waals surface area contributed by atoms with Crippen LogP contribution in [-0.4, -0.2) is 31.5 Å². The summed E-state index contributed by atoms with van der Waals surface area (Å²) in [5, 5.41) is 1.96. The number of fused-ring (bicyclic) bond motifs is 1. The maximum absolute atomic E-state index is 12.1. The van der Waals surface area contributed by atoms with Crippen LogP contribution in [0.4, 0.5) is 0 Å². The third-order valence-electron chi connectivity index (χ3n) is 4.12. The van der Waals surface area contributed by atoms with Crippen LogP contribution in [0.1, 0.15) is 20.7 Å². The third-order valence-corrected chi connectivity index (χ3v) is 5.43. The van der Waals surface area contributed by atoms with Gasteiger partial charge in [-0.05, 0) is 69.2 Å². The molecule has 0 saturated heterocycles. The number of methoxy groups -OCH3 is 1. The summed E-state index contributed by atoms with van der Waals surface area (Å²) in [6, 6.07) is 15.3. The van der Waals surface area contributed by atoms with Gasteiger partial charge in [0, 0.05) is 10.0 Å². The van der Waals surface area contributed by atoms with E-state index in [2.05, 4.69) is 47.4 Å². The molecule has 0 atom stereocenters. The fourth-order valence-corrected chi connectivity index (χ4v) is 3.59. The number of hydrogen-bond donors (Lipinski definition) is 2. The molecule has 3 rings (SSSR count). The van der Waals surface area contributed by atoms with Crippen LogP contribution in [0.3, 0.4) is 0 Å². The van der Waals surface area contributed by atoms with E-state index in [9.17, 15) is 14.4 Å². The summed E-state index contributed by atoms with van der Waals surface area (Å²) in [7, 11) is 1.27. The molecule has 2 N–H and O–H groups in total. The van der Waals surface area contributed by atoms with Gasteiger partial charge in [-0.2, -0.15) is 0 Å². The Hall–Kier alpha value is -2.91. The third kappa shape index (κ3) is 5.17. The van der Waals surface area contributed by atoms with Crippen molar-refractivity contribution >= 4 is 60.4 Å². The van der Waals surface area contributed by atoms with Gasteiger partial charge in [0.2, 0.25) is 0 Å². The Morgan fingerprint density at radius 1 is 0.900 bits per heavy atom. The van der Waals surface area contributed by atoms with Crippen molar-refractivity contribution in [1.29, 1.82) is 0 Å². The molecule has 2 amide bonds. The first-order valence-electron chi connectivity index (χ1n) is 8.67.